The zero-order valence-corrected chi connectivity index (χ0v) is 8.49. The summed E-state index contributed by atoms with van der Waals surface area (Å²) in [7, 11) is 3.41. The molecule has 0 radical (unpaired) electrons. The lowest BCUT2D eigenvalue weighted by atomic mass is 10.2. The molecule has 0 spiro atoms. The molecule has 0 aliphatic rings. The monoisotopic (exact) mass is 189 g/mol. The topological polar surface area (TPSA) is 81.6 Å². The van der Waals surface area contributed by atoms with Gasteiger partial charge in [0.25, 0.3) is 0 Å². The second kappa shape index (κ2) is 5.90. The van der Waals surface area contributed by atoms with Gasteiger partial charge in [-0.25, -0.2) is 0 Å². The summed E-state index contributed by atoms with van der Waals surface area (Å²) in [6.45, 7) is 2.83. The van der Waals surface area contributed by atoms with Gasteiger partial charge in [0.1, 0.15) is 0 Å². The molecule has 0 aromatic heterocycles. The minimum Gasteiger partial charge on any atom is -0.383 e. The third-order valence-corrected chi connectivity index (χ3v) is 1.98. The van der Waals surface area contributed by atoms with Crippen molar-refractivity contribution in [2.75, 3.05) is 27.3 Å². The van der Waals surface area contributed by atoms with Crippen LogP contribution in [0.3, 0.4) is 0 Å². The van der Waals surface area contributed by atoms with Crippen LogP contribution >= 0.6 is 0 Å². The van der Waals surface area contributed by atoms with Crippen molar-refractivity contribution in [1.29, 1.82) is 0 Å². The highest BCUT2D eigenvalue weighted by atomic mass is 16.5. The van der Waals surface area contributed by atoms with E-state index in [0.29, 0.717) is 13.2 Å². The molecule has 0 rings (SSSR count). The van der Waals surface area contributed by atoms with Crippen LogP contribution in [0.1, 0.15) is 6.92 Å². The summed E-state index contributed by atoms with van der Waals surface area (Å²) >= 11 is 0. The van der Waals surface area contributed by atoms with Gasteiger partial charge in [-0.05, 0) is 14.0 Å². The second-order valence-corrected chi connectivity index (χ2v) is 3.23. The lowest BCUT2D eigenvalue weighted by Gasteiger charge is -2.24. The number of rotatable bonds is 6. The molecular formula is C8H19N3O2. The highest BCUT2D eigenvalue weighted by Gasteiger charge is 2.16. The van der Waals surface area contributed by atoms with Crippen molar-refractivity contribution in [1.82, 2.24) is 4.90 Å². The maximum absolute atomic E-state index is 10.8. The second-order valence-electron chi connectivity index (χ2n) is 3.23. The number of hydrogen-bond acceptors (Lipinski definition) is 4. The van der Waals surface area contributed by atoms with Gasteiger partial charge < -0.3 is 16.2 Å². The molecule has 13 heavy (non-hydrogen) atoms. The highest BCUT2D eigenvalue weighted by Crippen LogP contribution is 1.95. The Hall–Kier alpha value is -0.650. The average molecular weight is 189 g/mol. The summed E-state index contributed by atoms with van der Waals surface area (Å²) in [5, 5.41) is 0. The molecule has 0 aliphatic heterocycles. The van der Waals surface area contributed by atoms with E-state index in [4.69, 9.17) is 16.2 Å². The van der Waals surface area contributed by atoms with Crippen molar-refractivity contribution >= 4 is 5.91 Å². The number of ether oxygens (including phenoxy) is 1. The van der Waals surface area contributed by atoms with Crippen LogP contribution in [0.15, 0.2) is 0 Å². The predicted molar refractivity (Wildman–Crippen MR) is 51.1 cm³/mol. The van der Waals surface area contributed by atoms with E-state index < -0.39 is 0 Å². The van der Waals surface area contributed by atoms with Crippen LogP contribution in [0.2, 0.25) is 0 Å². The molecule has 78 valence electrons. The van der Waals surface area contributed by atoms with Gasteiger partial charge in [0.15, 0.2) is 0 Å². The Morgan fingerprint density at radius 2 is 2.15 bits per heavy atom. The Bertz CT molecular complexity index is 163. The summed E-state index contributed by atoms with van der Waals surface area (Å²) in [5.74, 6) is -0.341. The summed E-state index contributed by atoms with van der Waals surface area (Å²) in [6.07, 6.45) is 0. The summed E-state index contributed by atoms with van der Waals surface area (Å²) in [6, 6.07) is -0.375. The van der Waals surface area contributed by atoms with Crippen LogP contribution in [0.25, 0.3) is 0 Å². The number of nitrogens with two attached hydrogens (primary N) is 2. The molecule has 0 aromatic carbocycles. The van der Waals surface area contributed by atoms with E-state index in [-0.39, 0.29) is 18.0 Å². The van der Waals surface area contributed by atoms with Gasteiger partial charge in [-0.3, -0.25) is 9.69 Å². The molecule has 0 saturated carbocycles. The Morgan fingerprint density at radius 1 is 1.62 bits per heavy atom. The molecule has 0 bridgehead atoms. The van der Waals surface area contributed by atoms with Gasteiger partial charge in [0.05, 0.1) is 12.6 Å². The van der Waals surface area contributed by atoms with Crippen molar-refractivity contribution in [3.05, 3.63) is 0 Å². The Morgan fingerprint density at radius 3 is 2.54 bits per heavy atom. The maximum Gasteiger partial charge on any atom is 0.234 e. The molecule has 5 heteroatoms. The first-order chi connectivity index (χ1) is 5.99. The van der Waals surface area contributed by atoms with Crippen LogP contribution in [-0.2, 0) is 9.53 Å². The number of nitrogens with zero attached hydrogens (tertiary/aromatic N) is 1. The van der Waals surface area contributed by atoms with E-state index >= 15 is 0 Å². The van der Waals surface area contributed by atoms with Gasteiger partial charge in [0, 0.05) is 19.7 Å². The summed E-state index contributed by atoms with van der Waals surface area (Å²) < 4.78 is 4.88. The smallest absolute Gasteiger partial charge is 0.234 e. The molecule has 0 aliphatic carbocycles. The largest absolute Gasteiger partial charge is 0.383 e. The normalized spacial score (nSPS) is 15.8. The van der Waals surface area contributed by atoms with E-state index in [1.165, 1.54) is 0 Å². The molecule has 1 amide bonds. The van der Waals surface area contributed by atoms with E-state index in [9.17, 15) is 4.79 Å². The standard InChI is InChI=1S/C8H19N3O2/c1-6(8(10)12)11(2)4-7(9)5-13-3/h6-7H,4-5,9H2,1-3H3,(H2,10,12). The van der Waals surface area contributed by atoms with Crippen LogP contribution in [-0.4, -0.2) is 50.2 Å². The molecule has 0 saturated heterocycles. The van der Waals surface area contributed by atoms with E-state index in [2.05, 4.69) is 0 Å². The van der Waals surface area contributed by atoms with Crippen molar-refractivity contribution in [3.63, 3.8) is 0 Å². The van der Waals surface area contributed by atoms with Gasteiger partial charge >= 0.3 is 0 Å². The minimum atomic E-state index is -0.341. The number of hydrogen-bond donors (Lipinski definition) is 2. The summed E-state index contributed by atoms with van der Waals surface area (Å²) in [4.78, 5) is 12.6. The van der Waals surface area contributed by atoms with Crippen LogP contribution < -0.4 is 11.5 Å². The number of primary amides is 1. The van der Waals surface area contributed by atoms with Crippen LogP contribution in [0.4, 0.5) is 0 Å². The first kappa shape index (κ1) is 12.3. The number of carbonyl (C=O) groups excluding carboxylic acids is 1. The lowest BCUT2D eigenvalue weighted by Crippen LogP contribution is -2.46. The molecule has 4 N–H and O–H groups in total. The Labute approximate surface area is 79.0 Å². The van der Waals surface area contributed by atoms with Crippen molar-refractivity contribution < 1.29 is 9.53 Å². The van der Waals surface area contributed by atoms with E-state index in [1.807, 2.05) is 11.9 Å². The molecule has 0 aromatic rings. The predicted octanol–water partition coefficient (Wildman–Crippen LogP) is -1.23. The van der Waals surface area contributed by atoms with Crippen molar-refractivity contribution in [3.8, 4) is 0 Å². The quantitative estimate of drug-likeness (QED) is 0.548. The number of likely N-dealkylation sites (N-methyl/N-ethyl adjacent to an activating group) is 1. The molecule has 2 atom stereocenters. The van der Waals surface area contributed by atoms with Gasteiger partial charge in [0.2, 0.25) is 5.91 Å². The third-order valence-electron chi connectivity index (χ3n) is 1.98. The fourth-order valence-electron chi connectivity index (χ4n) is 1.01. The highest BCUT2D eigenvalue weighted by molar-refractivity contribution is 5.79. The molecule has 0 fully saturated rings. The minimum absolute atomic E-state index is 0.0863. The summed E-state index contributed by atoms with van der Waals surface area (Å²) in [5.41, 5.74) is 10.8. The number of methoxy groups -OCH3 is 1. The fraction of sp³-hybridized carbons (Fsp3) is 0.875. The maximum atomic E-state index is 10.8. The Kier molecular flexibility index (Phi) is 5.61. The lowest BCUT2D eigenvalue weighted by molar-refractivity contribution is -0.122. The molecular weight excluding hydrogens is 170 g/mol. The molecule has 2 unspecified atom stereocenters. The number of carbonyl (C=O) groups is 1. The fourth-order valence-corrected chi connectivity index (χ4v) is 1.01. The van der Waals surface area contributed by atoms with Gasteiger partial charge in [-0.2, -0.15) is 0 Å². The van der Waals surface area contributed by atoms with Crippen LogP contribution in [0.5, 0.6) is 0 Å². The van der Waals surface area contributed by atoms with Crippen molar-refractivity contribution in [2.24, 2.45) is 11.5 Å². The van der Waals surface area contributed by atoms with Gasteiger partial charge in [-0.1, -0.05) is 0 Å². The molecule has 5 nitrogen and oxygen atoms in total. The number of amides is 1. The first-order valence-electron chi connectivity index (χ1n) is 4.23. The average Bonchev–Trinajstić information content (AvgIpc) is 2.03. The first-order valence-corrected chi connectivity index (χ1v) is 4.23. The molecule has 0 heterocycles. The Balaban J connectivity index is 3.84. The zero-order chi connectivity index (χ0) is 10.4. The van der Waals surface area contributed by atoms with Crippen LogP contribution in [0, 0.1) is 0 Å². The zero-order valence-electron chi connectivity index (χ0n) is 8.49. The SMILES string of the molecule is COCC(N)CN(C)C(C)C(N)=O. The van der Waals surface area contributed by atoms with E-state index in [1.54, 1.807) is 14.0 Å². The third kappa shape index (κ3) is 4.82. The van der Waals surface area contributed by atoms with E-state index in [0.717, 1.165) is 0 Å². The van der Waals surface area contributed by atoms with Crippen molar-refractivity contribution in [2.45, 2.75) is 19.0 Å². The van der Waals surface area contributed by atoms with Gasteiger partial charge in [-0.15, -0.1) is 0 Å².